The summed E-state index contributed by atoms with van der Waals surface area (Å²) < 4.78 is 5.83. The second-order valence-electron chi connectivity index (χ2n) is 2.80. The molecule has 0 aromatic carbocycles. The molecule has 0 atom stereocenters. The van der Waals surface area contributed by atoms with Crippen molar-refractivity contribution in [3.8, 4) is 23.7 Å². The Morgan fingerprint density at radius 3 is 2.87 bits per heavy atom. The minimum absolute atomic E-state index is 0.139. The predicted molar refractivity (Wildman–Crippen MR) is 52.8 cm³/mol. The molecule has 0 saturated heterocycles. The fourth-order valence-corrected chi connectivity index (χ4v) is 1.21. The second kappa shape index (κ2) is 3.80. The minimum Gasteiger partial charge on any atom is -0.295 e. The van der Waals surface area contributed by atoms with E-state index in [1.54, 1.807) is 24.5 Å². The van der Waals surface area contributed by atoms with Crippen LogP contribution < -0.4 is 5.76 Å². The van der Waals surface area contributed by atoms with E-state index < -0.39 is 5.76 Å². The quantitative estimate of drug-likeness (QED) is 0.665. The Balaban J connectivity index is 2.55. The second-order valence-corrected chi connectivity index (χ2v) is 2.80. The van der Waals surface area contributed by atoms with Gasteiger partial charge in [0.1, 0.15) is 0 Å². The molecule has 0 amide bonds. The van der Waals surface area contributed by atoms with Gasteiger partial charge >= 0.3 is 5.76 Å². The van der Waals surface area contributed by atoms with Gasteiger partial charge in [0.15, 0.2) is 5.82 Å². The van der Waals surface area contributed by atoms with Crippen molar-refractivity contribution in [1.82, 2.24) is 14.7 Å². The summed E-state index contributed by atoms with van der Waals surface area (Å²) in [4.78, 5) is 15.1. The van der Waals surface area contributed by atoms with Gasteiger partial charge in [0, 0.05) is 18.0 Å². The minimum atomic E-state index is -0.556. The molecule has 2 rings (SSSR count). The summed E-state index contributed by atoms with van der Waals surface area (Å²) in [6.07, 6.45) is 8.36. The fourth-order valence-electron chi connectivity index (χ4n) is 1.21. The van der Waals surface area contributed by atoms with Crippen LogP contribution in [0.1, 0.15) is 0 Å². The van der Waals surface area contributed by atoms with Gasteiger partial charge in [-0.1, -0.05) is 11.1 Å². The number of pyridine rings is 1. The molecular formula is C10H7N3O2. The largest absolute Gasteiger partial charge is 0.442 e. The molecule has 0 radical (unpaired) electrons. The van der Waals surface area contributed by atoms with Crippen molar-refractivity contribution in [3.63, 3.8) is 0 Å². The molecule has 0 fully saturated rings. The number of aromatic nitrogens is 3. The van der Waals surface area contributed by atoms with Crippen molar-refractivity contribution in [3.05, 3.63) is 35.1 Å². The van der Waals surface area contributed by atoms with Crippen molar-refractivity contribution in [1.29, 1.82) is 0 Å². The third kappa shape index (κ3) is 1.65. The lowest BCUT2D eigenvalue weighted by atomic mass is 10.2. The first-order valence-corrected chi connectivity index (χ1v) is 4.23. The highest BCUT2D eigenvalue weighted by Gasteiger charge is 2.10. The maximum atomic E-state index is 11.2. The average molecular weight is 201 g/mol. The van der Waals surface area contributed by atoms with Gasteiger partial charge in [-0.25, -0.2) is 9.36 Å². The van der Waals surface area contributed by atoms with Gasteiger partial charge in [0.25, 0.3) is 0 Å². The van der Waals surface area contributed by atoms with Crippen LogP contribution in [0.3, 0.4) is 0 Å². The summed E-state index contributed by atoms with van der Waals surface area (Å²) in [6, 6.07) is 3.45. The summed E-state index contributed by atoms with van der Waals surface area (Å²) >= 11 is 0. The van der Waals surface area contributed by atoms with Crippen molar-refractivity contribution < 1.29 is 4.52 Å². The number of hydrogen-bond acceptors (Lipinski definition) is 4. The van der Waals surface area contributed by atoms with E-state index in [4.69, 9.17) is 6.42 Å². The van der Waals surface area contributed by atoms with E-state index in [1.165, 1.54) is 4.57 Å². The van der Waals surface area contributed by atoms with Crippen LogP contribution in [0.2, 0.25) is 0 Å². The number of nitrogens with zero attached hydrogens (tertiary/aromatic N) is 3. The highest BCUT2D eigenvalue weighted by Crippen LogP contribution is 2.13. The normalized spacial score (nSPS) is 9.80. The van der Waals surface area contributed by atoms with E-state index in [2.05, 4.69) is 20.6 Å². The molecule has 2 heterocycles. The van der Waals surface area contributed by atoms with Gasteiger partial charge in [0.05, 0.1) is 6.54 Å². The summed E-state index contributed by atoms with van der Waals surface area (Å²) in [5.74, 6) is 2.23. The van der Waals surface area contributed by atoms with Gasteiger partial charge in [-0.3, -0.25) is 9.51 Å². The monoisotopic (exact) mass is 201 g/mol. The van der Waals surface area contributed by atoms with Crippen LogP contribution in [0.5, 0.6) is 0 Å². The SMILES string of the molecule is C#CCn1c(-c2ccncc2)noc1=O. The molecule has 0 aliphatic carbocycles. The van der Waals surface area contributed by atoms with E-state index in [0.29, 0.717) is 5.82 Å². The van der Waals surface area contributed by atoms with Crippen LogP contribution in [-0.2, 0) is 6.54 Å². The third-order valence-electron chi connectivity index (χ3n) is 1.87. The highest BCUT2D eigenvalue weighted by atomic mass is 16.5. The summed E-state index contributed by atoms with van der Waals surface area (Å²) in [6.45, 7) is 0.139. The van der Waals surface area contributed by atoms with Gasteiger partial charge in [-0.05, 0) is 12.1 Å². The lowest BCUT2D eigenvalue weighted by Gasteiger charge is -1.98. The first-order chi connectivity index (χ1) is 7.33. The molecule has 0 unspecified atom stereocenters. The summed E-state index contributed by atoms with van der Waals surface area (Å²) in [7, 11) is 0. The van der Waals surface area contributed by atoms with Crippen LogP contribution in [-0.4, -0.2) is 14.7 Å². The van der Waals surface area contributed by atoms with Crippen LogP contribution in [0.15, 0.2) is 33.8 Å². The standard InChI is InChI=1S/C10H7N3O2/c1-2-7-13-9(12-15-10(13)14)8-3-5-11-6-4-8/h1,3-6H,7H2. The third-order valence-corrected chi connectivity index (χ3v) is 1.87. The van der Waals surface area contributed by atoms with Gasteiger partial charge in [0.2, 0.25) is 0 Å². The number of terminal acetylenes is 1. The van der Waals surface area contributed by atoms with Gasteiger partial charge in [-0.15, -0.1) is 6.42 Å². The van der Waals surface area contributed by atoms with Crippen LogP contribution >= 0.6 is 0 Å². The zero-order chi connectivity index (χ0) is 10.7. The molecule has 0 saturated carbocycles. The Hall–Kier alpha value is -2.35. The van der Waals surface area contributed by atoms with Crippen molar-refractivity contribution in [2.45, 2.75) is 6.54 Å². The molecule has 5 nitrogen and oxygen atoms in total. The molecule has 0 N–H and O–H groups in total. The molecule has 0 aliphatic heterocycles. The first-order valence-electron chi connectivity index (χ1n) is 4.23. The summed E-state index contributed by atoms with van der Waals surface area (Å²) in [5, 5.41) is 3.66. The maximum Gasteiger partial charge on any atom is 0.442 e. The number of rotatable bonds is 2. The number of hydrogen-bond donors (Lipinski definition) is 0. The smallest absolute Gasteiger partial charge is 0.295 e. The van der Waals surface area contributed by atoms with E-state index in [1.807, 2.05) is 0 Å². The lowest BCUT2D eigenvalue weighted by Crippen LogP contribution is -2.14. The van der Waals surface area contributed by atoms with E-state index in [-0.39, 0.29) is 6.54 Å². The molecular weight excluding hydrogens is 194 g/mol. The molecule has 5 heteroatoms. The Morgan fingerprint density at radius 2 is 2.20 bits per heavy atom. The Bertz CT molecular complexity index is 548. The predicted octanol–water partition coefficient (Wildman–Crippen LogP) is 0.531. The molecule has 0 bridgehead atoms. The molecule has 0 spiro atoms. The first kappa shape index (κ1) is 9.21. The van der Waals surface area contributed by atoms with Crippen molar-refractivity contribution >= 4 is 0 Å². The molecule has 2 aromatic rings. The van der Waals surface area contributed by atoms with Gasteiger partial charge < -0.3 is 0 Å². The average Bonchev–Trinajstić information content (AvgIpc) is 2.63. The highest BCUT2D eigenvalue weighted by molar-refractivity contribution is 5.53. The molecule has 74 valence electrons. The Labute approximate surface area is 85.4 Å². The molecule has 2 aromatic heterocycles. The summed E-state index contributed by atoms with van der Waals surface area (Å²) in [5.41, 5.74) is 0.742. The van der Waals surface area contributed by atoms with Crippen molar-refractivity contribution in [2.24, 2.45) is 0 Å². The van der Waals surface area contributed by atoms with Crippen LogP contribution in [0.25, 0.3) is 11.4 Å². The lowest BCUT2D eigenvalue weighted by molar-refractivity contribution is 0.379. The van der Waals surface area contributed by atoms with E-state index >= 15 is 0 Å². The molecule has 0 aliphatic rings. The fraction of sp³-hybridized carbons (Fsp3) is 0.100. The van der Waals surface area contributed by atoms with E-state index in [0.717, 1.165) is 5.56 Å². The van der Waals surface area contributed by atoms with Crippen molar-refractivity contribution in [2.75, 3.05) is 0 Å². The zero-order valence-corrected chi connectivity index (χ0v) is 7.75. The van der Waals surface area contributed by atoms with Crippen LogP contribution in [0, 0.1) is 12.3 Å². The van der Waals surface area contributed by atoms with Gasteiger partial charge in [-0.2, -0.15) is 0 Å². The molecule has 15 heavy (non-hydrogen) atoms. The Morgan fingerprint density at radius 1 is 1.47 bits per heavy atom. The van der Waals surface area contributed by atoms with E-state index in [9.17, 15) is 4.79 Å². The maximum absolute atomic E-state index is 11.2. The topological polar surface area (TPSA) is 60.9 Å². The van der Waals surface area contributed by atoms with Crippen LogP contribution in [0.4, 0.5) is 0 Å². The zero-order valence-electron chi connectivity index (χ0n) is 7.75. The Kier molecular flexibility index (Phi) is 2.33.